The molecule has 1 heterocycles. The Morgan fingerprint density at radius 1 is 1.39 bits per heavy atom. The second-order valence-electron chi connectivity index (χ2n) is 4.81. The summed E-state index contributed by atoms with van der Waals surface area (Å²) in [6, 6.07) is 8.54. The number of azide groups is 1. The van der Waals surface area contributed by atoms with E-state index in [0.717, 1.165) is 0 Å². The first-order chi connectivity index (χ1) is 11.1. The fourth-order valence-corrected chi connectivity index (χ4v) is 2.08. The highest BCUT2D eigenvalue weighted by molar-refractivity contribution is 5.52. The number of nitriles is 1. The van der Waals surface area contributed by atoms with E-state index in [1.165, 1.54) is 10.9 Å². The highest BCUT2D eigenvalue weighted by Crippen LogP contribution is 2.22. The lowest BCUT2D eigenvalue weighted by atomic mass is 10.0. The Balaban J connectivity index is 2.14. The van der Waals surface area contributed by atoms with Gasteiger partial charge in [0.2, 0.25) is 0 Å². The average Bonchev–Trinajstić information content (AvgIpc) is 2.95. The molecule has 0 radical (unpaired) electrons. The normalized spacial score (nSPS) is 12.9. The van der Waals surface area contributed by atoms with Gasteiger partial charge in [0.15, 0.2) is 0 Å². The van der Waals surface area contributed by atoms with Crippen LogP contribution in [0.2, 0.25) is 0 Å². The molecule has 9 heteroatoms. The van der Waals surface area contributed by atoms with Crippen molar-refractivity contribution in [3.63, 3.8) is 0 Å². The Kier molecular flexibility index (Phi) is 5.17. The van der Waals surface area contributed by atoms with Crippen molar-refractivity contribution in [1.82, 2.24) is 9.78 Å². The molecule has 0 aliphatic carbocycles. The van der Waals surface area contributed by atoms with E-state index >= 15 is 0 Å². The van der Waals surface area contributed by atoms with Crippen LogP contribution in [0.4, 0.5) is 5.82 Å². The van der Waals surface area contributed by atoms with E-state index in [0.29, 0.717) is 11.3 Å². The molecule has 0 saturated heterocycles. The highest BCUT2D eigenvalue weighted by atomic mass is 16.3. The van der Waals surface area contributed by atoms with E-state index in [1.807, 2.05) is 6.07 Å². The zero-order valence-corrected chi connectivity index (χ0v) is 12.1. The molecule has 0 aliphatic heterocycles. The predicted octanol–water partition coefficient (Wildman–Crippen LogP) is 1.42. The summed E-state index contributed by atoms with van der Waals surface area (Å²) in [7, 11) is 0. The van der Waals surface area contributed by atoms with Crippen LogP contribution < -0.4 is 5.73 Å². The van der Waals surface area contributed by atoms with E-state index < -0.39 is 12.2 Å². The molecule has 23 heavy (non-hydrogen) atoms. The van der Waals surface area contributed by atoms with Crippen LogP contribution in [0.1, 0.15) is 23.7 Å². The van der Waals surface area contributed by atoms with Crippen LogP contribution >= 0.6 is 0 Å². The third-order valence-electron chi connectivity index (χ3n) is 3.36. The van der Waals surface area contributed by atoms with E-state index in [1.54, 1.807) is 24.3 Å². The third-order valence-corrected chi connectivity index (χ3v) is 3.36. The number of nitrogen functional groups attached to an aromatic ring is 1. The lowest BCUT2D eigenvalue weighted by Gasteiger charge is -2.17. The minimum Gasteiger partial charge on any atom is -0.390 e. The van der Waals surface area contributed by atoms with Crippen LogP contribution in [0.3, 0.4) is 0 Å². The van der Waals surface area contributed by atoms with Gasteiger partial charge in [0.25, 0.3) is 0 Å². The Hall–Kier alpha value is -3.05. The molecule has 0 fully saturated rings. The van der Waals surface area contributed by atoms with Crippen molar-refractivity contribution in [3.05, 3.63) is 52.0 Å². The van der Waals surface area contributed by atoms with Crippen LogP contribution in [0, 0.1) is 11.3 Å². The molecule has 1 aromatic carbocycles. The summed E-state index contributed by atoms with van der Waals surface area (Å²) in [4.78, 5) is 2.59. The van der Waals surface area contributed by atoms with Crippen LogP contribution in [0.5, 0.6) is 0 Å². The lowest BCUT2D eigenvalue weighted by Crippen LogP contribution is -2.19. The molecule has 0 amide bonds. The Morgan fingerprint density at radius 2 is 2.09 bits per heavy atom. The first kappa shape index (κ1) is 16.3. The van der Waals surface area contributed by atoms with Gasteiger partial charge in [-0.05, 0) is 29.6 Å². The standard InChI is InChI=1S/C14H15N7O2/c15-7-10-8-19-21(14(10)16)11-3-1-9(2-4-11)13(23)12(22)5-6-18-20-17/h1-4,8,12-13,22-23H,5-6,16H2. The molecule has 2 rings (SSSR count). The summed E-state index contributed by atoms with van der Waals surface area (Å²) in [6.07, 6.45) is -0.601. The van der Waals surface area contributed by atoms with Gasteiger partial charge in [-0.1, -0.05) is 17.2 Å². The SMILES string of the molecule is N#Cc1cnn(-c2ccc(C(O)C(O)CCN=[N+]=[N-])cc2)c1N. The summed E-state index contributed by atoms with van der Waals surface area (Å²) >= 11 is 0. The Labute approximate surface area is 131 Å². The number of nitrogens with zero attached hydrogens (tertiary/aromatic N) is 6. The third kappa shape index (κ3) is 3.59. The van der Waals surface area contributed by atoms with Crippen molar-refractivity contribution in [1.29, 1.82) is 5.26 Å². The number of rotatable bonds is 6. The first-order valence-corrected chi connectivity index (χ1v) is 6.79. The van der Waals surface area contributed by atoms with Crippen LogP contribution in [-0.2, 0) is 0 Å². The molecule has 9 nitrogen and oxygen atoms in total. The molecule has 2 atom stereocenters. The largest absolute Gasteiger partial charge is 0.390 e. The van der Waals surface area contributed by atoms with Crippen molar-refractivity contribution in [3.8, 4) is 11.8 Å². The van der Waals surface area contributed by atoms with Gasteiger partial charge in [-0.2, -0.15) is 10.4 Å². The van der Waals surface area contributed by atoms with Crippen LogP contribution in [0.15, 0.2) is 35.6 Å². The molecule has 0 spiro atoms. The van der Waals surface area contributed by atoms with Crippen LogP contribution in [0.25, 0.3) is 16.1 Å². The minimum atomic E-state index is -1.09. The first-order valence-electron chi connectivity index (χ1n) is 6.79. The Bertz CT molecular complexity index is 756. The van der Waals surface area contributed by atoms with Crippen molar-refractivity contribution in [2.24, 2.45) is 5.11 Å². The van der Waals surface area contributed by atoms with E-state index in [4.69, 9.17) is 16.5 Å². The second-order valence-corrected chi connectivity index (χ2v) is 4.81. The van der Waals surface area contributed by atoms with E-state index in [-0.39, 0.29) is 24.3 Å². The number of aliphatic hydroxyl groups is 2. The van der Waals surface area contributed by atoms with Gasteiger partial charge in [-0.25, -0.2) is 4.68 Å². The van der Waals surface area contributed by atoms with E-state index in [9.17, 15) is 10.2 Å². The summed E-state index contributed by atoms with van der Waals surface area (Å²) in [6.45, 7) is 0.105. The quantitative estimate of drug-likeness (QED) is 0.417. The lowest BCUT2D eigenvalue weighted by molar-refractivity contribution is 0.0150. The van der Waals surface area contributed by atoms with Crippen molar-refractivity contribution in [2.45, 2.75) is 18.6 Å². The molecular weight excluding hydrogens is 298 g/mol. The predicted molar refractivity (Wildman–Crippen MR) is 82.3 cm³/mol. The molecule has 118 valence electrons. The number of nitrogens with two attached hydrogens (primary N) is 1. The van der Waals surface area contributed by atoms with Crippen LogP contribution in [-0.4, -0.2) is 32.6 Å². The summed E-state index contributed by atoms with van der Waals surface area (Å²) in [5.74, 6) is 0.232. The summed E-state index contributed by atoms with van der Waals surface area (Å²) < 4.78 is 1.41. The monoisotopic (exact) mass is 313 g/mol. The van der Waals surface area contributed by atoms with E-state index in [2.05, 4.69) is 15.1 Å². The second kappa shape index (κ2) is 7.29. The number of aliphatic hydroxyl groups excluding tert-OH is 2. The molecule has 4 N–H and O–H groups in total. The maximum Gasteiger partial charge on any atom is 0.145 e. The van der Waals surface area contributed by atoms with Gasteiger partial charge in [0.05, 0.1) is 18.0 Å². The summed E-state index contributed by atoms with van der Waals surface area (Å²) in [5, 5.41) is 36.1. The van der Waals surface area contributed by atoms with Gasteiger partial charge < -0.3 is 15.9 Å². The molecule has 0 aliphatic rings. The zero-order valence-electron chi connectivity index (χ0n) is 12.1. The summed E-state index contributed by atoms with van der Waals surface area (Å²) in [5.41, 5.74) is 15.4. The molecule has 1 aromatic heterocycles. The molecule has 2 unspecified atom stereocenters. The van der Waals surface area contributed by atoms with Crippen molar-refractivity contribution < 1.29 is 10.2 Å². The number of hydrogen-bond donors (Lipinski definition) is 3. The van der Waals surface area contributed by atoms with Gasteiger partial charge in [0.1, 0.15) is 23.6 Å². The fraction of sp³-hybridized carbons (Fsp3) is 0.286. The average molecular weight is 313 g/mol. The maximum absolute atomic E-state index is 10.1. The maximum atomic E-state index is 10.1. The number of benzene rings is 1. The minimum absolute atomic E-state index is 0.105. The Morgan fingerprint density at radius 3 is 2.65 bits per heavy atom. The number of anilines is 1. The van der Waals surface area contributed by atoms with Gasteiger partial charge in [0, 0.05) is 11.5 Å². The number of hydrogen-bond acceptors (Lipinski definition) is 6. The van der Waals surface area contributed by atoms with Crippen molar-refractivity contribution in [2.75, 3.05) is 12.3 Å². The molecular formula is C14H15N7O2. The molecule has 0 saturated carbocycles. The van der Waals surface area contributed by atoms with Crippen molar-refractivity contribution >= 4 is 5.82 Å². The van der Waals surface area contributed by atoms with Gasteiger partial charge >= 0.3 is 0 Å². The topological polar surface area (TPSA) is 157 Å². The molecule has 2 aromatic rings. The highest BCUT2D eigenvalue weighted by Gasteiger charge is 2.18. The van der Waals surface area contributed by atoms with Gasteiger partial charge in [-0.3, -0.25) is 0 Å². The smallest absolute Gasteiger partial charge is 0.145 e. The van der Waals surface area contributed by atoms with Gasteiger partial charge in [-0.15, -0.1) is 0 Å². The fourth-order valence-electron chi connectivity index (χ4n) is 2.08. The zero-order chi connectivity index (χ0) is 16.8. The molecule has 0 bridgehead atoms. The number of aromatic nitrogens is 2.